The Bertz CT molecular complexity index is 2620. The van der Waals surface area contributed by atoms with Gasteiger partial charge in [0.1, 0.15) is 23.6 Å². The van der Waals surface area contributed by atoms with E-state index < -0.39 is 93.1 Å². The number of sulfone groups is 1. The fourth-order valence-electron chi connectivity index (χ4n) is 9.02. The van der Waals surface area contributed by atoms with Gasteiger partial charge in [-0.3, -0.25) is 28.8 Å². The molecular weight excluding hydrogens is 898 g/mol. The second kappa shape index (κ2) is 21.7. The summed E-state index contributed by atoms with van der Waals surface area (Å²) in [6, 6.07) is 18.7. The molecule has 0 unspecified atom stereocenters. The number of unbranched alkanes of at least 4 members (excludes halogenated alkanes) is 1. The average Bonchev–Trinajstić information content (AvgIpc) is 3.80. The summed E-state index contributed by atoms with van der Waals surface area (Å²) in [5.74, 6) is -7.57. The number of halogens is 1. The number of primary amides is 1. The van der Waals surface area contributed by atoms with Crippen LogP contribution in [0.3, 0.4) is 0 Å². The minimum Gasteiger partial charge on any atom is -0.507 e. The van der Waals surface area contributed by atoms with E-state index in [0.29, 0.717) is 49.4 Å². The zero-order valence-corrected chi connectivity index (χ0v) is 39.4. The lowest BCUT2D eigenvalue weighted by Crippen LogP contribution is -2.48. The normalized spacial score (nSPS) is 19.7. The van der Waals surface area contributed by atoms with Gasteiger partial charge in [-0.05, 0) is 109 Å². The SMILES string of the molecule is C[C@@H]1CC(=O)[C@@H](N(C)C(=O)[C@H](CCCCN)CS(=O)(=O)c2ccc(-c3ccc(Cl)cc3)cc2)c2ccc(O)c(c2)-c2cc(ccc2O)C[C@@H](C(=O)C[C@@H](C)C(=O)N2CCC[C@H]2C(N)=O)NC1=O. The number of rotatable bonds is 15. The number of hydrogen-bond acceptors (Lipinski definition) is 11. The molecule has 2 aliphatic rings. The predicted molar refractivity (Wildman–Crippen MR) is 253 cm³/mol. The van der Waals surface area contributed by atoms with Crippen molar-refractivity contribution in [3.8, 4) is 33.8 Å². The molecule has 1 fully saturated rings. The number of nitrogens with zero attached hydrogens (tertiary/aromatic N) is 2. The first kappa shape index (κ1) is 50.3. The highest BCUT2D eigenvalue weighted by Gasteiger charge is 2.39. The van der Waals surface area contributed by atoms with E-state index in [9.17, 15) is 47.4 Å². The van der Waals surface area contributed by atoms with Crippen LogP contribution in [0.2, 0.25) is 5.02 Å². The molecule has 6 rings (SSSR count). The molecule has 2 aliphatic heterocycles. The first-order chi connectivity index (χ1) is 31.8. The van der Waals surface area contributed by atoms with Gasteiger partial charge in [-0.15, -0.1) is 0 Å². The van der Waals surface area contributed by atoms with Crippen LogP contribution in [0.1, 0.15) is 76.0 Å². The fraction of sp³-hybridized carbons (Fsp3) is 0.400. The quantitative estimate of drug-likeness (QED) is 0.0930. The van der Waals surface area contributed by atoms with Crippen LogP contribution in [0.25, 0.3) is 22.3 Å². The highest BCUT2D eigenvalue weighted by Crippen LogP contribution is 2.40. The molecule has 0 saturated carbocycles. The molecule has 7 N–H and O–H groups in total. The summed E-state index contributed by atoms with van der Waals surface area (Å²) in [6.45, 7) is 3.69. The highest BCUT2D eigenvalue weighted by atomic mass is 35.5. The summed E-state index contributed by atoms with van der Waals surface area (Å²) < 4.78 is 28.1. The number of amides is 4. The average molecular weight is 957 g/mol. The van der Waals surface area contributed by atoms with Crippen molar-refractivity contribution in [2.75, 3.05) is 25.9 Å². The van der Waals surface area contributed by atoms with E-state index in [4.69, 9.17) is 23.1 Å². The number of ketones is 2. The Morgan fingerprint density at radius 3 is 2.16 bits per heavy atom. The summed E-state index contributed by atoms with van der Waals surface area (Å²) >= 11 is 6.05. The third-order valence-corrected chi connectivity index (χ3v) is 14.9. The standard InChI is InChI=1S/C50H58ClN5O10S/c1-29-23-45(60)46(55(3)50(64)35(7-4-5-21-52)28-67(65,66)37-17-12-33(13-18-37)32-10-15-36(51)16-11-32)34-14-20-43(58)39(27-34)38-25-31(9-19-42(38)57)26-40(54-48(29)62)44(59)24-30(2)49(63)56-22-6-8-41(56)47(53)61/h9-20,25,27,29-30,35,40-41,46,57-58H,4-8,21-24,26,28,52H2,1-3H3,(H2,53,61)(H,54,62)/t29-,30-,35-,40+,41+,46+/m1/s1. The number of likely N-dealkylation sites (tertiary alicyclic amines) is 1. The summed E-state index contributed by atoms with van der Waals surface area (Å²) in [4.78, 5) is 85.5. The molecule has 4 aromatic carbocycles. The van der Waals surface area contributed by atoms with E-state index in [-0.39, 0.29) is 52.3 Å². The molecule has 15 nitrogen and oxygen atoms in total. The number of Topliss-reactive ketones (excluding diaryl/α,β-unsaturated/α-hetero) is 2. The van der Waals surface area contributed by atoms with Crippen molar-refractivity contribution in [1.29, 1.82) is 0 Å². The van der Waals surface area contributed by atoms with E-state index in [2.05, 4.69) is 5.32 Å². The molecule has 1 saturated heterocycles. The Kier molecular flexibility index (Phi) is 16.3. The van der Waals surface area contributed by atoms with Gasteiger partial charge >= 0.3 is 0 Å². The number of phenolic OH excluding ortho intramolecular Hbond substituents is 2. The lowest BCUT2D eigenvalue weighted by molar-refractivity contribution is -0.142. The van der Waals surface area contributed by atoms with Crippen LogP contribution >= 0.6 is 11.6 Å². The van der Waals surface area contributed by atoms with Crippen molar-refractivity contribution >= 4 is 56.6 Å². The van der Waals surface area contributed by atoms with Crippen molar-refractivity contribution in [1.82, 2.24) is 15.1 Å². The number of benzene rings is 4. The maximum atomic E-state index is 14.7. The predicted octanol–water partition coefficient (Wildman–Crippen LogP) is 5.51. The van der Waals surface area contributed by atoms with E-state index in [1.807, 2.05) is 12.1 Å². The van der Waals surface area contributed by atoms with Crippen LogP contribution in [0, 0.1) is 17.8 Å². The lowest BCUT2D eigenvalue weighted by Gasteiger charge is -2.32. The molecule has 0 aromatic heterocycles. The molecule has 0 aliphatic carbocycles. The van der Waals surface area contributed by atoms with Crippen molar-refractivity contribution in [2.24, 2.45) is 29.2 Å². The van der Waals surface area contributed by atoms with Crippen molar-refractivity contribution in [3.05, 3.63) is 101 Å². The fourth-order valence-corrected chi connectivity index (χ4v) is 10.7. The summed E-state index contributed by atoms with van der Waals surface area (Å²) in [7, 11) is -2.69. The number of nitrogens with one attached hydrogen (secondary N) is 1. The first-order valence-electron chi connectivity index (χ1n) is 22.5. The Hall–Kier alpha value is -6.10. The van der Waals surface area contributed by atoms with E-state index in [0.717, 1.165) is 11.1 Å². The van der Waals surface area contributed by atoms with Gasteiger partial charge in [0, 0.05) is 54.4 Å². The molecule has 0 radical (unpaired) electrons. The first-order valence-corrected chi connectivity index (χ1v) is 24.5. The van der Waals surface area contributed by atoms with Crippen LogP contribution in [-0.2, 0) is 45.0 Å². The van der Waals surface area contributed by atoms with Gasteiger partial charge in [-0.25, -0.2) is 8.42 Å². The number of aromatic hydroxyl groups is 2. The number of fused-ring (bicyclic) bond motifs is 5. The zero-order valence-electron chi connectivity index (χ0n) is 37.8. The molecule has 2 heterocycles. The smallest absolute Gasteiger partial charge is 0.240 e. The van der Waals surface area contributed by atoms with E-state index in [1.165, 1.54) is 66.2 Å². The second-order valence-electron chi connectivity index (χ2n) is 17.8. The van der Waals surface area contributed by atoms with Gasteiger partial charge < -0.3 is 36.8 Å². The third kappa shape index (κ3) is 11.9. The van der Waals surface area contributed by atoms with Crippen molar-refractivity contribution in [3.63, 3.8) is 0 Å². The van der Waals surface area contributed by atoms with Crippen LogP contribution in [0.5, 0.6) is 11.5 Å². The maximum absolute atomic E-state index is 14.7. The zero-order chi connectivity index (χ0) is 48.7. The molecule has 17 heteroatoms. The molecule has 6 atom stereocenters. The van der Waals surface area contributed by atoms with Gasteiger partial charge in [0.2, 0.25) is 23.6 Å². The summed E-state index contributed by atoms with van der Waals surface area (Å²) in [5, 5.41) is 25.7. The minimum atomic E-state index is -4.08. The Morgan fingerprint density at radius 2 is 1.52 bits per heavy atom. The highest BCUT2D eigenvalue weighted by molar-refractivity contribution is 7.91. The number of nitrogens with two attached hydrogens (primary N) is 2. The molecule has 4 bridgehead atoms. The minimum absolute atomic E-state index is 0.00441. The van der Waals surface area contributed by atoms with Crippen molar-refractivity contribution in [2.45, 2.75) is 88.2 Å². The lowest BCUT2D eigenvalue weighted by atomic mass is 9.88. The van der Waals surface area contributed by atoms with Crippen LogP contribution in [-0.4, -0.2) is 102 Å². The molecule has 4 amide bonds. The summed E-state index contributed by atoms with van der Waals surface area (Å²) in [5.41, 5.74) is 13.9. The summed E-state index contributed by atoms with van der Waals surface area (Å²) in [6.07, 6.45) is 1.27. The molecule has 0 spiro atoms. The maximum Gasteiger partial charge on any atom is 0.240 e. The van der Waals surface area contributed by atoms with Gasteiger partial charge in [0.05, 0.1) is 22.6 Å². The Balaban J connectivity index is 1.31. The molecule has 356 valence electrons. The van der Waals surface area contributed by atoms with Gasteiger partial charge in [-0.1, -0.05) is 68.3 Å². The van der Waals surface area contributed by atoms with Crippen LogP contribution in [0.4, 0.5) is 0 Å². The number of hydrogen-bond donors (Lipinski definition) is 5. The van der Waals surface area contributed by atoms with E-state index >= 15 is 0 Å². The van der Waals surface area contributed by atoms with Crippen LogP contribution in [0.15, 0.2) is 89.8 Å². The molecular formula is C50H58ClN5O10S. The monoisotopic (exact) mass is 955 g/mol. The largest absolute Gasteiger partial charge is 0.507 e. The van der Waals surface area contributed by atoms with E-state index in [1.54, 1.807) is 37.3 Å². The van der Waals surface area contributed by atoms with Gasteiger partial charge in [-0.2, -0.15) is 0 Å². The molecule has 67 heavy (non-hydrogen) atoms. The third-order valence-electron chi connectivity index (χ3n) is 12.8. The number of carbonyl (C=O) groups excluding carboxylic acids is 6. The Labute approximate surface area is 395 Å². The Morgan fingerprint density at radius 1 is 0.896 bits per heavy atom. The number of phenols is 2. The van der Waals surface area contributed by atoms with Crippen LogP contribution < -0.4 is 16.8 Å². The second-order valence-corrected chi connectivity index (χ2v) is 20.2. The number of likely N-dealkylation sites (N-methyl/N-ethyl adjacent to an activating group) is 1. The number of carbonyl (C=O) groups is 6. The topological polar surface area (TPSA) is 248 Å². The molecule has 4 aromatic rings. The van der Waals surface area contributed by atoms with Gasteiger partial charge in [0.25, 0.3) is 0 Å². The van der Waals surface area contributed by atoms with Gasteiger partial charge in [0.15, 0.2) is 21.4 Å². The van der Waals surface area contributed by atoms with Crippen molar-refractivity contribution < 1.29 is 47.4 Å².